The van der Waals surface area contributed by atoms with Crippen molar-refractivity contribution in [2.45, 2.75) is 37.5 Å². The first kappa shape index (κ1) is 11.8. The SMILES string of the molecule is N#CC1(c2c(Cl)cccc2Cl)CCCCC1. The lowest BCUT2D eigenvalue weighted by atomic mass is 9.70. The predicted molar refractivity (Wildman–Crippen MR) is 66.8 cm³/mol. The van der Waals surface area contributed by atoms with Gasteiger partial charge in [-0.2, -0.15) is 5.26 Å². The van der Waals surface area contributed by atoms with Crippen LogP contribution in [0.25, 0.3) is 0 Å². The Kier molecular flexibility index (Phi) is 3.42. The zero-order valence-corrected chi connectivity index (χ0v) is 10.5. The second-order valence-corrected chi connectivity index (χ2v) is 5.17. The lowest BCUT2D eigenvalue weighted by Crippen LogP contribution is -2.27. The summed E-state index contributed by atoms with van der Waals surface area (Å²) in [6.45, 7) is 0. The maximum absolute atomic E-state index is 9.48. The fraction of sp³-hybridized carbons (Fsp3) is 0.462. The summed E-state index contributed by atoms with van der Waals surface area (Å²) < 4.78 is 0. The zero-order valence-electron chi connectivity index (χ0n) is 8.97. The predicted octanol–water partition coefficient (Wildman–Crippen LogP) is 4.72. The molecule has 2 rings (SSSR count). The molecular weight excluding hydrogens is 241 g/mol. The van der Waals surface area contributed by atoms with Gasteiger partial charge in [-0.25, -0.2) is 0 Å². The standard InChI is InChI=1S/C13H13Cl2N/c14-10-5-4-6-11(15)12(10)13(9-16)7-2-1-3-8-13/h4-6H,1-3,7-8H2. The summed E-state index contributed by atoms with van der Waals surface area (Å²) in [5, 5.41) is 10.7. The molecule has 1 nitrogen and oxygen atoms in total. The van der Waals surface area contributed by atoms with Crippen molar-refractivity contribution in [1.29, 1.82) is 5.26 Å². The van der Waals surface area contributed by atoms with E-state index in [9.17, 15) is 5.26 Å². The quantitative estimate of drug-likeness (QED) is 0.711. The summed E-state index contributed by atoms with van der Waals surface area (Å²) in [6, 6.07) is 7.90. The van der Waals surface area contributed by atoms with Crippen molar-refractivity contribution < 1.29 is 0 Å². The topological polar surface area (TPSA) is 23.8 Å². The second-order valence-electron chi connectivity index (χ2n) is 4.35. The molecule has 0 heterocycles. The minimum absolute atomic E-state index is 0.465. The molecule has 0 atom stereocenters. The molecule has 0 spiro atoms. The van der Waals surface area contributed by atoms with E-state index >= 15 is 0 Å². The van der Waals surface area contributed by atoms with Crippen LogP contribution in [-0.4, -0.2) is 0 Å². The molecule has 1 aromatic rings. The lowest BCUT2D eigenvalue weighted by molar-refractivity contribution is 0.366. The van der Waals surface area contributed by atoms with Crippen LogP contribution in [0.5, 0.6) is 0 Å². The average Bonchev–Trinajstić information content (AvgIpc) is 2.30. The Balaban J connectivity index is 2.52. The van der Waals surface area contributed by atoms with Crippen LogP contribution in [0.1, 0.15) is 37.7 Å². The molecule has 1 saturated carbocycles. The van der Waals surface area contributed by atoms with Crippen molar-refractivity contribution in [2.75, 3.05) is 0 Å². The second kappa shape index (κ2) is 4.65. The van der Waals surface area contributed by atoms with Crippen molar-refractivity contribution >= 4 is 23.2 Å². The summed E-state index contributed by atoms with van der Waals surface area (Å²) in [5.74, 6) is 0. The number of halogens is 2. The van der Waals surface area contributed by atoms with Gasteiger partial charge in [0, 0.05) is 15.6 Å². The maximum atomic E-state index is 9.48. The molecule has 3 heteroatoms. The number of rotatable bonds is 1. The van der Waals surface area contributed by atoms with Crippen molar-refractivity contribution in [3.63, 3.8) is 0 Å². The highest BCUT2D eigenvalue weighted by atomic mass is 35.5. The van der Waals surface area contributed by atoms with Gasteiger partial charge in [0.25, 0.3) is 0 Å². The first-order valence-electron chi connectivity index (χ1n) is 5.55. The monoisotopic (exact) mass is 253 g/mol. The fourth-order valence-corrected chi connectivity index (χ4v) is 3.29. The molecule has 0 amide bonds. The smallest absolute Gasteiger partial charge is 0.0851 e. The fourth-order valence-electron chi connectivity index (χ4n) is 2.53. The van der Waals surface area contributed by atoms with Gasteiger partial charge < -0.3 is 0 Å². The Bertz CT molecular complexity index is 408. The van der Waals surface area contributed by atoms with Crippen molar-refractivity contribution in [2.24, 2.45) is 0 Å². The molecular formula is C13H13Cl2N. The van der Waals surface area contributed by atoms with Gasteiger partial charge in [0.05, 0.1) is 11.5 Å². The summed E-state index contributed by atoms with van der Waals surface area (Å²) in [4.78, 5) is 0. The lowest BCUT2D eigenvalue weighted by Gasteiger charge is -2.32. The van der Waals surface area contributed by atoms with Crippen LogP contribution in [-0.2, 0) is 5.41 Å². The van der Waals surface area contributed by atoms with E-state index in [2.05, 4.69) is 6.07 Å². The molecule has 16 heavy (non-hydrogen) atoms. The van der Waals surface area contributed by atoms with E-state index < -0.39 is 5.41 Å². The molecule has 1 aliphatic carbocycles. The first-order chi connectivity index (χ1) is 7.69. The van der Waals surface area contributed by atoms with Gasteiger partial charge >= 0.3 is 0 Å². The van der Waals surface area contributed by atoms with E-state index in [1.165, 1.54) is 6.42 Å². The molecule has 1 aromatic carbocycles. The Labute approximate surface area is 106 Å². The van der Waals surface area contributed by atoms with Crippen LogP contribution in [0, 0.1) is 11.3 Å². The van der Waals surface area contributed by atoms with Gasteiger partial charge in [-0.1, -0.05) is 48.5 Å². The van der Waals surface area contributed by atoms with Crippen molar-refractivity contribution in [3.8, 4) is 6.07 Å². The molecule has 84 valence electrons. The van der Waals surface area contributed by atoms with E-state index in [4.69, 9.17) is 23.2 Å². The third-order valence-corrected chi connectivity index (χ3v) is 3.99. The molecule has 0 radical (unpaired) electrons. The Morgan fingerprint density at radius 3 is 2.12 bits per heavy atom. The number of nitriles is 1. The third-order valence-electron chi connectivity index (χ3n) is 3.36. The Morgan fingerprint density at radius 2 is 1.62 bits per heavy atom. The molecule has 0 N–H and O–H groups in total. The van der Waals surface area contributed by atoms with E-state index in [1.807, 2.05) is 18.2 Å². The van der Waals surface area contributed by atoms with E-state index in [-0.39, 0.29) is 0 Å². The molecule has 0 unspecified atom stereocenters. The number of hydrogen-bond acceptors (Lipinski definition) is 1. The highest BCUT2D eigenvalue weighted by molar-refractivity contribution is 6.36. The minimum Gasteiger partial charge on any atom is -0.197 e. The normalized spacial score (nSPS) is 19.1. The summed E-state index contributed by atoms with van der Waals surface area (Å²) in [6.07, 6.45) is 5.09. The van der Waals surface area contributed by atoms with Crippen LogP contribution in [0.15, 0.2) is 18.2 Å². The van der Waals surface area contributed by atoms with E-state index in [0.29, 0.717) is 10.0 Å². The van der Waals surface area contributed by atoms with E-state index in [1.54, 1.807) is 0 Å². The van der Waals surface area contributed by atoms with Crippen molar-refractivity contribution in [1.82, 2.24) is 0 Å². The van der Waals surface area contributed by atoms with Crippen molar-refractivity contribution in [3.05, 3.63) is 33.8 Å². The number of nitrogens with zero attached hydrogens (tertiary/aromatic N) is 1. The Hall–Kier alpha value is -0.710. The van der Waals surface area contributed by atoms with Crippen LogP contribution in [0.3, 0.4) is 0 Å². The van der Waals surface area contributed by atoms with Crippen LogP contribution >= 0.6 is 23.2 Å². The zero-order chi connectivity index (χ0) is 11.6. The third kappa shape index (κ3) is 1.93. The highest BCUT2D eigenvalue weighted by Gasteiger charge is 2.37. The first-order valence-corrected chi connectivity index (χ1v) is 6.31. The molecule has 0 bridgehead atoms. The molecule has 1 fully saturated rings. The molecule has 1 aliphatic rings. The number of hydrogen-bond donors (Lipinski definition) is 0. The summed E-state index contributed by atoms with van der Waals surface area (Å²) >= 11 is 12.4. The van der Waals surface area contributed by atoms with Crippen LogP contribution in [0.4, 0.5) is 0 Å². The van der Waals surface area contributed by atoms with Gasteiger partial charge in [-0.05, 0) is 25.0 Å². The summed E-state index contributed by atoms with van der Waals surface area (Å²) in [7, 11) is 0. The molecule has 0 aliphatic heterocycles. The van der Waals surface area contributed by atoms with Gasteiger partial charge in [0.1, 0.15) is 0 Å². The largest absolute Gasteiger partial charge is 0.197 e. The number of benzene rings is 1. The van der Waals surface area contributed by atoms with Gasteiger partial charge in [0.15, 0.2) is 0 Å². The maximum Gasteiger partial charge on any atom is 0.0851 e. The molecule has 0 saturated heterocycles. The average molecular weight is 254 g/mol. The van der Waals surface area contributed by atoms with Crippen LogP contribution < -0.4 is 0 Å². The highest BCUT2D eigenvalue weighted by Crippen LogP contribution is 2.44. The van der Waals surface area contributed by atoms with Gasteiger partial charge in [0.2, 0.25) is 0 Å². The van der Waals surface area contributed by atoms with Gasteiger partial charge in [-0.15, -0.1) is 0 Å². The van der Waals surface area contributed by atoms with E-state index in [0.717, 1.165) is 31.2 Å². The van der Waals surface area contributed by atoms with Gasteiger partial charge in [-0.3, -0.25) is 0 Å². The Morgan fingerprint density at radius 1 is 1.06 bits per heavy atom. The van der Waals surface area contributed by atoms with Crippen LogP contribution in [0.2, 0.25) is 10.0 Å². The summed E-state index contributed by atoms with van der Waals surface area (Å²) in [5.41, 5.74) is 0.369. The minimum atomic E-state index is -0.465. The molecule has 0 aromatic heterocycles.